The first kappa shape index (κ1) is 15.9. The molecular weight excluding hydrogens is 382 g/mol. The standard InChI is InChI=1S/C12H9BrClN3O3S/c13-7-5-8(11(14)16-6-7)12(18)17-9-3-1-2-4-10(9)21(15,19)20/h1-6H,(H,17,18)(H2,15,19,20). The van der Waals surface area contributed by atoms with Gasteiger partial charge in [-0.15, -0.1) is 0 Å². The molecule has 2 aromatic rings. The Kier molecular flexibility index (Phi) is 4.62. The Bertz CT molecular complexity index is 811. The van der Waals surface area contributed by atoms with E-state index in [-0.39, 0.29) is 21.3 Å². The van der Waals surface area contributed by atoms with Crippen molar-refractivity contribution in [3.05, 3.63) is 51.7 Å². The quantitative estimate of drug-likeness (QED) is 0.786. The number of pyridine rings is 1. The number of hydrogen-bond donors (Lipinski definition) is 2. The highest BCUT2D eigenvalue weighted by Crippen LogP contribution is 2.23. The number of amides is 1. The van der Waals surface area contributed by atoms with Crippen LogP contribution in [0.1, 0.15) is 10.4 Å². The van der Waals surface area contributed by atoms with E-state index in [1.165, 1.54) is 30.5 Å². The number of anilines is 1. The Labute approximate surface area is 134 Å². The molecule has 6 nitrogen and oxygen atoms in total. The average Bonchev–Trinajstić information content (AvgIpc) is 2.41. The lowest BCUT2D eigenvalue weighted by Crippen LogP contribution is -2.18. The van der Waals surface area contributed by atoms with E-state index in [1.54, 1.807) is 6.07 Å². The van der Waals surface area contributed by atoms with Crippen molar-refractivity contribution in [1.29, 1.82) is 0 Å². The van der Waals surface area contributed by atoms with Crippen LogP contribution in [0.4, 0.5) is 5.69 Å². The van der Waals surface area contributed by atoms with E-state index in [4.69, 9.17) is 16.7 Å². The molecule has 0 spiro atoms. The van der Waals surface area contributed by atoms with Crippen molar-refractivity contribution in [3.8, 4) is 0 Å². The molecule has 0 aliphatic rings. The van der Waals surface area contributed by atoms with Gasteiger partial charge >= 0.3 is 0 Å². The molecule has 3 N–H and O–H groups in total. The van der Waals surface area contributed by atoms with Crippen molar-refractivity contribution in [2.24, 2.45) is 5.14 Å². The SMILES string of the molecule is NS(=O)(=O)c1ccccc1NC(=O)c1cc(Br)cnc1Cl. The van der Waals surface area contributed by atoms with Gasteiger partial charge in [-0.3, -0.25) is 4.79 Å². The third kappa shape index (κ3) is 3.79. The summed E-state index contributed by atoms with van der Waals surface area (Å²) in [6.07, 6.45) is 1.44. The smallest absolute Gasteiger partial charge is 0.258 e. The maximum Gasteiger partial charge on any atom is 0.258 e. The Morgan fingerprint density at radius 1 is 1.33 bits per heavy atom. The molecule has 0 saturated carbocycles. The number of rotatable bonds is 3. The summed E-state index contributed by atoms with van der Waals surface area (Å²) >= 11 is 9.03. The predicted molar refractivity (Wildman–Crippen MR) is 82.7 cm³/mol. The number of carbonyl (C=O) groups excluding carboxylic acids is 1. The second-order valence-electron chi connectivity index (χ2n) is 3.99. The predicted octanol–water partition coefficient (Wildman–Crippen LogP) is 2.40. The van der Waals surface area contributed by atoms with Crippen LogP contribution in [0.3, 0.4) is 0 Å². The summed E-state index contributed by atoms with van der Waals surface area (Å²) in [6.45, 7) is 0. The van der Waals surface area contributed by atoms with Gasteiger partial charge in [-0.1, -0.05) is 23.7 Å². The zero-order chi connectivity index (χ0) is 15.6. The highest BCUT2D eigenvalue weighted by molar-refractivity contribution is 9.10. The zero-order valence-electron chi connectivity index (χ0n) is 10.4. The second-order valence-corrected chi connectivity index (χ2v) is 6.79. The number of primary sulfonamides is 1. The van der Waals surface area contributed by atoms with Crippen LogP contribution in [0.25, 0.3) is 0 Å². The monoisotopic (exact) mass is 389 g/mol. The lowest BCUT2D eigenvalue weighted by atomic mass is 10.2. The number of nitrogens with one attached hydrogen (secondary N) is 1. The van der Waals surface area contributed by atoms with Crippen LogP contribution in [0, 0.1) is 0 Å². The maximum absolute atomic E-state index is 12.2. The molecule has 21 heavy (non-hydrogen) atoms. The Morgan fingerprint density at radius 3 is 2.67 bits per heavy atom. The van der Waals surface area contributed by atoms with Crippen molar-refractivity contribution < 1.29 is 13.2 Å². The van der Waals surface area contributed by atoms with Crippen LogP contribution < -0.4 is 10.5 Å². The topological polar surface area (TPSA) is 102 Å². The number of para-hydroxylation sites is 1. The zero-order valence-corrected chi connectivity index (χ0v) is 13.5. The number of carbonyl (C=O) groups is 1. The minimum atomic E-state index is -3.95. The van der Waals surface area contributed by atoms with Gasteiger partial charge in [-0.25, -0.2) is 18.5 Å². The summed E-state index contributed by atoms with van der Waals surface area (Å²) in [4.78, 5) is 15.8. The molecule has 0 atom stereocenters. The van der Waals surface area contributed by atoms with Crippen molar-refractivity contribution in [3.63, 3.8) is 0 Å². The molecule has 0 saturated heterocycles. The minimum absolute atomic E-state index is 0.00351. The molecule has 0 aliphatic carbocycles. The van der Waals surface area contributed by atoms with E-state index in [0.717, 1.165) is 0 Å². The summed E-state index contributed by atoms with van der Waals surface area (Å²) in [7, 11) is -3.95. The minimum Gasteiger partial charge on any atom is -0.321 e. The number of sulfonamides is 1. The van der Waals surface area contributed by atoms with E-state index >= 15 is 0 Å². The van der Waals surface area contributed by atoms with Crippen LogP contribution in [0.15, 0.2) is 45.9 Å². The molecule has 2 rings (SSSR count). The molecule has 0 radical (unpaired) electrons. The maximum atomic E-state index is 12.2. The molecule has 0 fully saturated rings. The van der Waals surface area contributed by atoms with E-state index in [2.05, 4.69) is 26.2 Å². The fourth-order valence-corrected chi connectivity index (χ4v) is 2.80. The number of benzene rings is 1. The number of hydrogen-bond acceptors (Lipinski definition) is 4. The summed E-state index contributed by atoms with van der Waals surface area (Å²) in [5.74, 6) is -0.593. The van der Waals surface area contributed by atoms with Gasteiger partial charge < -0.3 is 5.32 Å². The van der Waals surface area contributed by atoms with Crippen molar-refractivity contribution in [1.82, 2.24) is 4.98 Å². The number of nitrogens with zero attached hydrogens (tertiary/aromatic N) is 1. The van der Waals surface area contributed by atoms with Crippen LogP contribution in [-0.4, -0.2) is 19.3 Å². The molecule has 1 amide bonds. The third-order valence-electron chi connectivity index (χ3n) is 2.49. The van der Waals surface area contributed by atoms with Gasteiger partial charge in [0, 0.05) is 10.7 Å². The Hall–Kier alpha value is -1.48. The van der Waals surface area contributed by atoms with E-state index in [1.807, 2.05) is 0 Å². The largest absolute Gasteiger partial charge is 0.321 e. The summed E-state index contributed by atoms with van der Waals surface area (Å²) in [5, 5.41) is 7.56. The molecule has 110 valence electrons. The van der Waals surface area contributed by atoms with Crippen LogP contribution >= 0.6 is 27.5 Å². The van der Waals surface area contributed by atoms with Crippen LogP contribution in [-0.2, 0) is 10.0 Å². The molecule has 1 heterocycles. The van der Waals surface area contributed by atoms with Crippen molar-refractivity contribution in [2.75, 3.05) is 5.32 Å². The number of halogens is 2. The van der Waals surface area contributed by atoms with Crippen molar-refractivity contribution in [2.45, 2.75) is 4.90 Å². The molecule has 1 aromatic heterocycles. The van der Waals surface area contributed by atoms with Crippen molar-refractivity contribution >= 4 is 49.1 Å². The van der Waals surface area contributed by atoms with Gasteiger partial charge in [0.2, 0.25) is 10.0 Å². The van der Waals surface area contributed by atoms with E-state index in [0.29, 0.717) is 4.47 Å². The van der Waals surface area contributed by atoms with Gasteiger partial charge in [0.1, 0.15) is 10.0 Å². The highest BCUT2D eigenvalue weighted by Gasteiger charge is 2.18. The normalized spacial score (nSPS) is 11.2. The molecular formula is C12H9BrClN3O3S. The molecule has 9 heteroatoms. The van der Waals surface area contributed by atoms with Gasteiger partial charge in [0.15, 0.2) is 0 Å². The highest BCUT2D eigenvalue weighted by atomic mass is 79.9. The Morgan fingerprint density at radius 2 is 2.00 bits per heavy atom. The van der Waals surface area contributed by atoms with Gasteiger partial charge in [-0.2, -0.15) is 0 Å². The van der Waals surface area contributed by atoms with Gasteiger partial charge in [0.25, 0.3) is 5.91 Å². The molecule has 0 bridgehead atoms. The summed E-state index contributed by atoms with van der Waals surface area (Å²) in [6, 6.07) is 7.28. The number of aromatic nitrogens is 1. The van der Waals surface area contributed by atoms with E-state index in [9.17, 15) is 13.2 Å². The third-order valence-corrected chi connectivity index (χ3v) is 4.20. The first-order valence-corrected chi connectivity index (χ1v) is 8.25. The number of nitrogens with two attached hydrogens (primary N) is 1. The average molecular weight is 391 g/mol. The first-order chi connectivity index (χ1) is 9.79. The van der Waals surface area contributed by atoms with Crippen LogP contribution in [0.2, 0.25) is 5.15 Å². The lowest BCUT2D eigenvalue weighted by Gasteiger charge is -2.10. The van der Waals surface area contributed by atoms with Gasteiger partial charge in [0.05, 0.1) is 11.3 Å². The lowest BCUT2D eigenvalue weighted by molar-refractivity contribution is 0.102. The fraction of sp³-hybridized carbons (Fsp3) is 0. The molecule has 1 aromatic carbocycles. The molecule has 0 aliphatic heterocycles. The molecule has 0 unspecified atom stereocenters. The van der Waals surface area contributed by atoms with Gasteiger partial charge in [-0.05, 0) is 34.1 Å². The summed E-state index contributed by atoms with van der Waals surface area (Å²) < 4.78 is 23.5. The summed E-state index contributed by atoms with van der Waals surface area (Å²) in [5.41, 5.74) is 0.177. The second kappa shape index (κ2) is 6.10. The fourth-order valence-electron chi connectivity index (χ4n) is 1.59. The van der Waals surface area contributed by atoms with E-state index < -0.39 is 15.9 Å². The Balaban J connectivity index is 2.39. The first-order valence-electron chi connectivity index (χ1n) is 5.53. The van der Waals surface area contributed by atoms with Crippen LogP contribution in [0.5, 0.6) is 0 Å².